The van der Waals surface area contributed by atoms with Crippen LogP contribution in [0.5, 0.6) is 0 Å². The number of thioether (sulfide) groups is 2. The molecule has 2 aromatic heterocycles. The molecule has 21 atom stereocenters. The topological polar surface area (TPSA) is 625 Å². The maximum Gasteiger partial charge on any atom is 0.407 e. The van der Waals surface area contributed by atoms with Gasteiger partial charge < -0.3 is 133 Å². The van der Waals surface area contributed by atoms with Crippen molar-refractivity contribution in [3.63, 3.8) is 0 Å². The minimum absolute atomic E-state index is 0.00797. The predicted molar refractivity (Wildman–Crippen MR) is 503 cm³/mol. The van der Waals surface area contributed by atoms with Gasteiger partial charge in [0, 0.05) is 135 Å². The van der Waals surface area contributed by atoms with E-state index in [9.17, 15) is 107 Å². The quantitative estimate of drug-likeness (QED) is 0.0280. The van der Waals surface area contributed by atoms with E-state index in [1.807, 2.05) is 24.3 Å². The molecular formula is C94H135N15O27S2. The smallest absolute Gasteiger partial charge is 0.407 e. The molecule has 2 aromatic carbocycles. The second kappa shape index (κ2) is 51.7. The summed E-state index contributed by atoms with van der Waals surface area (Å²) >= 11 is 2.26. The molecule has 760 valence electrons. The van der Waals surface area contributed by atoms with Crippen molar-refractivity contribution >= 4 is 140 Å². The highest BCUT2D eigenvalue weighted by molar-refractivity contribution is 7.99. The molecular weight excluding hydrogens is 1840 g/mol. The summed E-state index contributed by atoms with van der Waals surface area (Å²) in [5.74, 6) is -15.8. The highest BCUT2D eigenvalue weighted by atomic mass is 32.2. The number of amides is 12. The minimum Gasteiger partial charge on any atom is -0.446 e. The van der Waals surface area contributed by atoms with E-state index >= 15 is 0 Å². The molecule has 2 saturated heterocycles. The molecule has 12 amide bonds. The maximum absolute atomic E-state index is 14.9. The van der Waals surface area contributed by atoms with Gasteiger partial charge in [0.05, 0.1) is 111 Å². The Morgan fingerprint density at radius 1 is 0.493 bits per heavy atom. The number of aliphatic hydroxyl groups is 6. The lowest BCUT2D eigenvalue weighted by atomic mass is 9.81. The van der Waals surface area contributed by atoms with Crippen LogP contribution in [0, 0.1) is 23.7 Å². The first-order valence-electron chi connectivity index (χ1n) is 47.2. The number of allylic oxidation sites excluding steroid dienone is 2. The number of nitrogens with two attached hydrogens (primary N) is 1. The number of hydrogen-bond donors (Lipinski definition) is 19. The van der Waals surface area contributed by atoms with Crippen molar-refractivity contribution in [3.05, 3.63) is 71.8 Å². The second-order valence-corrected chi connectivity index (χ2v) is 39.3. The lowest BCUT2D eigenvalue weighted by molar-refractivity contribution is -0.142. The monoisotopic (exact) mass is 1970 g/mol. The number of Topliss-reactive ketones (excluding diaryl/α,β-unsaturated/α-hetero) is 4. The van der Waals surface area contributed by atoms with Gasteiger partial charge in [-0.05, 0) is 136 Å². The zero-order valence-electron chi connectivity index (χ0n) is 79.2. The van der Waals surface area contributed by atoms with E-state index in [1.165, 1.54) is 55.4 Å². The number of nitrogens with zero attached hydrogens (tertiary/aromatic N) is 2. The number of aromatic nitrogens is 2. The number of nitrogens with one attached hydrogen (secondary N) is 12. The summed E-state index contributed by atoms with van der Waals surface area (Å²) in [6, 6.07) is 1.00. The molecule has 0 radical (unpaired) electrons. The van der Waals surface area contributed by atoms with E-state index < -0.39 is 240 Å². The van der Waals surface area contributed by atoms with Crippen LogP contribution >= 0.6 is 23.5 Å². The number of H-pyrrole nitrogens is 2. The van der Waals surface area contributed by atoms with Crippen LogP contribution in [0.25, 0.3) is 21.8 Å². The minimum atomic E-state index is -1.83. The molecule has 42 nitrogen and oxygen atoms in total. The third-order valence-corrected chi connectivity index (χ3v) is 27.8. The van der Waals surface area contributed by atoms with Gasteiger partial charge in [0.25, 0.3) is 0 Å². The van der Waals surface area contributed by atoms with Gasteiger partial charge in [-0.2, -0.15) is 0 Å². The van der Waals surface area contributed by atoms with Crippen molar-refractivity contribution in [1.29, 1.82) is 0 Å². The first-order valence-corrected chi connectivity index (χ1v) is 49.2. The van der Waals surface area contributed by atoms with E-state index in [0.29, 0.717) is 77.2 Å². The number of para-hydroxylation sites is 2. The summed E-state index contributed by atoms with van der Waals surface area (Å²) < 4.78 is 27.6. The van der Waals surface area contributed by atoms with Crippen molar-refractivity contribution in [3.8, 4) is 0 Å². The Bertz CT molecular complexity index is 5010. The lowest BCUT2D eigenvalue weighted by Crippen LogP contribution is -2.61. The Morgan fingerprint density at radius 2 is 0.913 bits per heavy atom. The summed E-state index contributed by atoms with van der Waals surface area (Å²) in [5.41, 5.74) is 4.97. The van der Waals surface area contributed by atoms with Crippen LogP contribution in [0.1, 0.15) is 156 Å². The number of aliphatic hydroxyl groups excluding tert-OH is 4. The SMILES string of the molecule is C[C@@H]1NC(=O)[C@@H]2C[C@@H](O)CN2C(=O)[C@H]2CSc3[nH]c4ccccc4c3C[C@H](CC1=O)C(=O)C[C@H](C[C@@](C)(O)CN)C(=O)N[C@@H](C)C(=O)N[C@H]([C@H](C)O)C(=O)N2.C[C@@H]1NC(=O)[C@@H]2C[C@@H](O)CN2C(=O)[C@H]2CSc3[nH]c4ccccc4c3C[C@H](CC1=O)C(=O)C[C@H](C[C@@](C)(O)CNC(=O)CCOCCOCCOCCOCCNC(=O)OC1CC/C=C/CCC1)C(=O)N[C@@H](C)C(=O)N[C@H]([C@H](C)O)C(=O)N2. The molecule has 8 heterocycles. The van der Waals surface area contributed by atoms with E-state index in [4.69, 9.17) is 29.4 Å². The van der Waals surface area contributed by atoms with Gasteiger partial charge in [0.15, 0.2) is 11.6 Å². The summed E-state index contributed by atoms with van der Waals surface area (Å²) in [6.07, 6.45) is 0.211. The van der Waals surface area contributed by atoms with Crippen molar-refractivity contribution in [2.75, 3.05) is 97.1 Å². The van der Waals surface area contributed by atoms with Gasteiger partial charge in [-0.25, -0.2) is 4.79 Å². The fourth-order valence-electron chi connectivity index (χ4n) is 17.6. The Morgan fingerprint density at radius 3 is 1.36 bits per heavy atom. The van der Waals surface area contributed by atoms with Crippen LogP contribution in [0.3, 0.4) is 0 Å². The fraction of sp³-hybridized carbons (Fsp3) is 0.638. The van der Waals surface area contributed by atoms with Gasteiger partial charge in [0.1, 0.15) is 66.0 Å². The van der Waals surface area contributed by atoms with Crippen LogP contribution < -0.4 is 58.9 Å². The second-order valence-electron chi connectivity index (χ2n) is 37.3. The number of benzene rings is 2. The van der Waals surface area contributed by atoms with Gasteiger partial charge >= 0.3 is 6.09 Å². The van der Waals surface area contributed by atoms with E-state index in [0.717, 1.165) is 70.8 Å². The first-order chi connectivity index (χ1) is 65.6. The van der Waals surface area contributed by atoms with Crippen molar-refractivity contribution in [2.45, 2.75) is 270 Å². The summed E-state index contributed by atoms with van der Waals surface area (Å²) in [5, 5.41) is 94.0. The number of aromatic amines is 2. The molecule has 4 bridgehead atoms. The average Bonchev–Trinajstić information content (AvgIpc) is 1.64. The third kappa shape index (κ3) is 31.6. The number of carbonyl (C=O) groups is 16. The number of hydrogen-bond acceptors (Lipinski definition) is 30. The van der Waals surface area contributed by atoms with E-state index in [2.05, 4.69) is 75.3 Å². The summed E-state index contributed by atoms with van der Waals surface area (Å²) in [4.78, 5) is 231. The van der Waals surface area contributed by atoms with Crippen molar-refractivity contribution in [2.24, 2.45) is 29.4 Å². The predicted octanol–water partition coefficient (Wildman–Crippen LogP) is -0.967. The molecule has 0 saturated carbocycles. The molecule has 1 unspecified atom stereocenters. The normalized spacial score (nSPS) is 28.5. The zero-order valence-corrected chi connectivity index (χ0v) is 80.8. The van der Waals surface area contributed by atoms with Crippen LogP contribution in [-0.4, -0.2) is 344 Å². The highest BCUT2D eigenvalue weighted by Gasteiger charge is 2.48. The molecule has 2 fully saturated rings. The van der Waals surface area contributed by atoms with E-state index in [-0.39, 0.29) is 109 Å². The number of alkyl carbamates (subject to hydrolysis) is 1. The number of fused-ring (bicyclic) bond motifs is 10. The summed E-state index contributed by atoms with van der Waals surface area (Å²) in [7, 11) is 0. The molecule has 6 aliphatic heterocycles. The van der Waals surface area contributed by atoms with Crippen LogP contribution in [0.4, 0.5) is 4.79 Å². The molecule has 138 heavy (non-hydrogen) atoms. The van der Waals surface area contributed by atoms with Crippen LogP contribution in [-0.2, 0) is 108 Å². The Hall–Kier alpha value is -10.4. The number of rotatable bonds is 25. The van der Waals surface area contributed by atoms with Gasteiger partial charge in [0.2, 0.25) is 65.0 Å². The first kappa shape index (κ1) is 110. The zero-order chi connectivity index (χ0) is 100. The number of carbonyl (C=O) groups excluding carboxylic acids is 16. The largest absolute Gasteiger partial charge is 0.446 e. The molecule has 1 aliphatic carbocycles. The van der Waals surface area contributed by atoms with Crippen LogP contribution in [0.2, 0.25) is 0 Å². The van der Waals surface area contributed by atoms with Gasteiger partial charge in [-0.1, -0.05) is 48.6 Å². The standard InChI is InChI=1S/C57H84N8O17S.C37H51N7O10S/c1-34-46(68)27-37-26-42-41-14-10-11-15-43(41)63-54(42)83-32-44(55(75)65-31-39(67)29-45(65)52(73)60-34)62-53(74)49(36(3)66)64-50(71)35(2)61-51(72)38(28-47(37)69)30-57(4,77)33-59-48(70)16-18-78-20-22-80-24-25-81-23-21-79-19-17-58-56(76)82-40-12-8-6-5-7-9-13-40;1-17-28(47)10-20-9-24-23-7-5-6-8-25(23)42-35(24)55-15-26(36(53)44-14-22(46)12-27(44)33(51)39-17)41-34(52)30(19(3)45)43-31(49)18(2)40-32(50)21(11-29(20)48)13-37(4,54)16-38/h5-6,10-11,14-15,34-40,44-45,49,63,66-67,77H,7-9,12-13,16-33H2,1-4H3,(H,58,76)(H,59,70)(H,60,73)(H,61,72)(H,62,74)(H,64,71);5-8,17-22,26-27,30,42,45-46,54H,9-16,38H2,1-4H3,(H,39,51)(H,40,50)(H,41,52)(H,43,49)/b6-5+;/t34-,35-,36-,37+,38+,39+,40?,44+,45-,49+,57+;17-,18-,19-,20+,21+,22+,26+,27-,30+,37+/m00/s1. The fourth-order valence-corrected chi connectivity index (χ4v) is 19.8. The Balaban J connectivity index is 0.000000309. The Labute approximate surface area is 808 Å². The highest BCUT2D eigenvalue weighted by Crippen LogP contribution is 2.39. The van der Waals surface area contributed by atoms with E-state index in [1.54, 1.807) is 24.3 Å². The summed E-state index contributed by atoms with van der Waals surface area (Å²) in [6.45, 7) is 12.0. The molecule has 44 heteroatoms. The maximum atomic E-state index is 14.9. The van der Waals surface area contributed by atoms with Crippen molar-refractivity contribution in [1.82, 2.24) is 72.9 Å². The molecule has 0 spiro atoms. The molecule has 7 aliphatic rings. The third-order valence-electron chi connectivity index (χ3n) is 25.5. The Kier molecular flexibility index (Phi) is 41.1. The van der Waals surface area contributed by atoms with Gasteiger partial charge in [-0.3, -0.25) is 71.9 Å². The average molecular weight is 1970 g/mol. The van der Waals surface area contributed by atoms with Crippen LogP contribution in [0.15, 0.2) is 70.7 Å². The number of ketones is 4. The molecule has 20 N–H and O–H groups in total. The van der Waals surface area contributed by atoms with Crippen molar-refractivity contribution < 1.29 is 131 Å². The lowest BCUT2D eigenvalue weighted by Gasteiger charge is -2.31. The van der Waals surface area contributed by atoms with Gasteiger partial charge in [-0.15, -0.1) is 23.5 Å². The molecule has 4 aromatic rings. The molecule has 11 rings (SSSR count). The number of ether oxygens (including phenoxy) is 5.